The molecule has 1 heterocycles. The van der Waals surface area contributed by atoms with Crippen LogP contribution in [0.3, 0.4) is 0 Å². The second-order valence-corrected chi connectivity index (χ2v) is 25.5. The lowest BCUT2D eigenvalue weighted by Gasteiger charge is -2.46. The minimum Gasteiger partial charge on any atom is -0.355 e. The number of epoxide rings is 1. The summed E-state index contributed by atoms with van der Waals surface area (Å²) >= 11 is 0. The van der Waals surface area contributed by atoms with Gasteiger partial charge in [-0.2, -0.15) is 0 Å². The van der Waals surface area contributed by atoms with Gasteiger partial charge in [0.2, 0.25) is 0 Å². The molecule has 230 valence electrons. The van der Waals surface area contributed by atoms with Crippen molar-refractivity contribution >= 4 is 38.1 Å². The monoisotopic (exact) mass is 611 g/mol. The van der Waals surface area contributed by atoms with E-state index < -0.39 is 22.3 Å². The van der Waals surface area contributed by atoms with Crippen LogP contribution in [0.5, 0.6) is 0 Å². The minimum atomic E-state index is -2.62. The predicted molar refractivity (Wildman–Crippen MR) is 190 cm³/mol. The summed E-state index contributed by atoms with van der Waals surface area (Å²) in [7, 11) is -3.88. The average Bonchev–Trinajstić information content (AvgIpc) is 3.75. The molecule has 1 N–H and O–H groups in total. The van der Waals surface area contributed by atoms with E-state index in [0.29, 0.717) is 5.04 Å². The summed E-state index contributed by atoms with van der Waals surface area (Å²) in [4.78, 5) is 13.5. The molecule has 0 aromatic heterocycles. The van der Waals surface area contributed by atoms with Crippen molar-refractivity contribution in [2.24, 2.45) is 0 Å². The van der Waals surface area contributed by atoms with Gasteiger partial charge in [-0.15, -0.1) is 0 Å². The molecule has 0 spiro atoms. The van der Waals surface area contributed by atoms with Gasteiger partial charge in [-0.3, -0.25) is 4.79 Å². The fourth-order valence-corrected chi connectivity index (χ4v) is 14.4. The van der Waals surface area contributed by atoms with Crippen LogP contribution in [0.2, 0.25) is 29.2 Å². The van der Waals surface area contributed by atoms with Crippen LogP contribution in [0.15, 0.2) is 102 Å². The van der Waals surface area contributed by atoms with Crippen LogP contribution in [-0.2, 0) is 9.53 Å². The molecule has 3 nitrogen and oxygen atoms in total. The van der Waals surface area contributed by atoms with Crippen molar-refractivity contribution < 1.29 is 9.53 Å². The van der Waals surface area contributed by atoms with Crippen LogP contribution < -0.4 is 15.7 Å². The van der Waals surface area contributed by atoms with Crippen LogP contribution in [0, 0.1) is 0 Å². The van der Waals surface area contributed by atoms with Gasteiger partial charge in [0.15, 0.2) is 14.2 Å². The van der Waals surface area contributed by atoms with E-state index in [1.54, 1.807) is 0 Å². The zero-order valence-corrected chi connectivity index (χ0v) is 29.7. The number of para-hydroxylation sites is 1. The van der Waals surface area contributed by atoms with Crippen molar-refractivity contribution in [1.29, 1.82) is 0 Å². The quantitative estimate of drug-likeness (QED) is 0.126. The van der Waals surface area contributed by atoms with Gasteiger partial charge in [0, 0.05) is 5.69 Å². The van der Waals surface area contributed by atoms with Crippen molar-refractivity contribution in [3.05, 3.63) is 102 Å². The van der Waals surface area contributed by atoms with Crippen LogP contribution in [0.25, 0.3) is 0 Å². The first kappa shape index (κ1) is 33.2. The highest BCUT2D eigenvalue weighted by molar-refractivity contribution is 7.09. The topological polar surface area (TPSA) is 41.6 Å². The minimum absolute atomic E-state index is 0.0592. The standard InChI is InChI=1S/C38H53NO2Si2/c1-37(2,3)42(7,8)29-21-10-9-20-28-33(34-35(41-34)36(40)39-30-22-14-11-15-23-30)43(38(4,5)6,31-24-16-12-17-25-31)32-26-18-13-19-27-32/h11-19,22-28,34-35H,9-10,20-21,29H2,1-8H3,(H,39,40)/b33-28+/t34-,35+/m1/s1. The van der Waals surface area contributed by atoms with E-state index in [1.807, 2.05) is 30.3 Å². The summed E-state index contributed by atoms with van der Waals surface area (Å²) in [5.74, 6) is -0.0607. The Balaban J connectivity index is 1.69. The summed E-state index contributed by atoms with van der Waals surface area (Å²) in [6.45, 7) is 19.5. The molecule has 0 saturated carbocycles. The smallest absolute Gasteiger partial charge is 0.256 e. The summed E-state index contributed by atoms with van der Waals surface area (Å²) in [5.41, 5.74) is 0.805. The van der Waals surface area contributed by atoms with E-state index in [0.717, 1.165) is 18.5 Å². The highest BCUT2D eigenvalue weighted by Crippen LogP contribution is 2.47. The zero-order valence-electron chi connectivity index (χ0n) is 27.7. The van der Waals surface area contributed by atoms with Crippen molar-refractivity contribution in [3.8, 4) is 0 Å². The molecule has 5 heteroatoms. The van der Waals surface area contributed by atoms with Gasteiger partial charge >= 0.3 is 0 Å². The fraction of sp³-hybridized carbons (Fsp3) is 0.447. The van der Waals surface area contributed by atoms with Gasteiger partial charge in [-0.1, -0.05) is 158 Å². The molecule has 1 amide bonds. The molecule has 1 fully saturated rings. The third kappa shape index (κ3) is 7.50. The lowest BCUT2D eigenvalue weighted by molar-refractivity contribution is -0.117. The van der Waals surface area contributed by atoms with Crippen LogP contribution in [-0.4, -0.2) is 34.3 Å². The van der Waals surface area contributed by atoms with Crippen molar-refractivity contribution in [1.82, 2.24) is 0 Å². The summed E-state index contributed by atoms with van der Waals surface area (Å²) < 4.78 is 6.38. The second-order valence-electron chi connectivity index (χ2n) is 15.0. The first-order valence-electron chi connectivity index (χ1n) is 16.1. The van der Waals surface area contributed by atoms with Crippen molar-refractivity contribution in [3.63, 3.8) is 0 Å². The number of hydrogen-bond donors (Lipinski definition) is 1. The molecule has 1 aliphatic rings. The average molecular weight is 612 g/mol. The molecule has 1 saturated heterocycles. The Morgan fingerprint density at radius 1 is 0.721 bits per heavy atom. The lowest BCUT2D eigenvalue weighted by atomic mass is 10.1. The SMILES string of the molecule is CC(C)(C)[Si](C)(C)CCCCC/C=C(\[C@H]1O[C@@H]1C(=O)Nc1ccccc1)[Si](c1ccccc1)(c1ccccc1)C(C)(C)C. The van der Waals surface area contributed by atoms with Gasteiger partial charge in [-0.05, 0) is 50.6 Å². The highest BCUT2D eigenvalue weighted by Gasteiger charge is 2.59. The van der Waals surface area contributed by atoms with Crippen molar-refractivity contribution in [2.45, 2.75) is 109 Å². The Morgan fingerprint density at radius 2 is 1.23 bits per heavy atom. The van der Waals surface area contributed by atoms with E-state index in [-0.39, 0.29) is 17.0 Å². The van der Waals surface area contributed by atoms with E-state index in [2.05, 4.69) is 127 Å². The molecule has 2 atom stereocenters. The molecular weight excluding hydrogens is 559 g/mol. The van der Waals surface area contributed by atoms with Crippen LogP contribution >= 0.6 is 0 Å². The number of unbranched alkanes of at least 4 members (excludes halogenated alkanes) is 3. The lowest BCUT2D eigenvalue weighted by Crippen LogP contribution is -2.67. The number of ether oxygens (including phenoxy) is 1. The highest BCUT2D eigenvalue weighted by atomic mass is 28.3. The van der Waals surface area contributed by atoms with Crippen molar-refractivity contribution in [2.75, 3.05) is 5.32 Å². The third-order valence-electron chi connectivity index (χ3n) is 9.97. The molecule has 1 aliphatic heterocycles. The molecule has 43 heavy (non-hydrogen) atoms. The van der Waals surface area contributed by atoms with Crippen LogP contribution in [0.4, 0.5) is 5.69 Å². The normalized spacial score (nSPS) is 17.9. The second kappa shape index (κ2) is 13.5. The Bertz CT molecular complexity index is 1320. The van der Waals surface area contributed by atoms with E-state index in [1.165, 1.54) is 34.5 Å². The summed E-state index contributed by atoms with van der Waals surface area (Å²) in [5, 5.41) is 7.55. The maximum atomic E-state index is 13.5. The Hall–Kier alpha value is -2.74. The number of carbonyl (C=O) groups excluding carboxylic acids is 1. The fourth-order valence-electron chi connectivity index (χ4n) is 6.46. The molecule has 3 aromatic rings. The molecule has 0 unspecified atom stereocenters. The predicted octanol–water partition coefficient (Wildman–Crippen LogP) is 8.99. The van der Waals surface area contributed by atoms with Gasteiger partial charge in [-0.25, -0.2) is 0 Å². The molecule has 3 aromatic carbocycles. The number of hydrogen-bond acceptors (Lipinski definition) is 2. The first-order valence-corrected chi connectivity index (χ1v) is 21.3. The Labute approximate surface area is 263 Å². The molecule has 0 aliphatic carbocycles. The van der Waals surface area contributed by atoms with Gasteiger partial charge in [0.1, 0.15) is 6.10 Å². The number of allylic oxidation sites excluding steroid dienone is 1. The third-order valence-corrected chi connectivity index (χ3v) is 21.6. The molecule has 0 radical (unpaired) electrons. The van der Waals surface area contributed by atoms with E-state index in [9.17, 15) is 4.79 Å². The molecule has 0 bridgehead atoms. The molecular formula is C38H53NO2Si2. The zero-order chi connectivity index (χ0) is 31.3. The van der Waals surface area contributed by atoms with Gasteiger partial charge in [0.25, 0.3) is 5.91 Å². The van der Waals surface area contributed by atoms with Gasteiger partial charge < -0.3 is 10.1 Å². The maximum Gasteiger partial charge on any atom is 0.256 e. The molecule has 4 rings (SSSR count). The maximum absolute atomic E-state index is 13.5. The number of anilines is 1. The summed E-state index contributed by atoms with van der Waals surface area (Å²) in [6.07, 6.45) is 6.48. The Morgan fingerprint density at radius 3 is 1.72 bits per heavy atom. The Kier molecular flexibility index (Phi) is 10.4. The number of rotatable bonds is 12. The largest absolute Gasteiger partial charge is 0.355 e. The number of benzene rings is 3. The first-order chi connectivity index (χ1) is 20.3. The summed E-state index contributed by atoms with van der Waals surface area (Å²) in [6, 6.07) is 33.2. The number of amides is 1. The van der Waals surface area contributed by atoms with Gasteiger partial charge in [0.05, 0.1) is 8.07 Å². The number of carbonyl (C=O) groups is 1. The number of nitrogens with one attached hydrogen (secondary N) is 1. The van der Waals surface area contributed by atoms with Crippen LogP contribution in [0.1, 0.15) is 67.2 Å². The van der Waals surface area contributed by atoms with E-state index in [4.69, 9.17) is 4.74 Å². The van der Waals surface area contributed by atoms with E-state index >= 15 is 0 Å².